The van der Waals surface area contributed by atoms with Gasteiger partial charge in [0, 0.05) is 17.1 Å². The highest BCUT2D eigenvalue weighted by Gasteiger charge is 2.18. The summed E-state index contributed by atoms with van der Waals surface area (Å²) in [5, 5.41) is 16.4. The van der Waals surface area contributed by atoms with E-state index in [4.69, 9.17) is 0 Å². The minimum atomic E-state index is -0.335. The maximum Gasteiger partial charge on any atom is 0.277 e. The lowest BCUT2D eigenvalue weighted by molar-refractivity contribution is -0.383. The van der Waals surface area contributed by atoms with Gasteiger partial charge in [-0.15, -0.1) is 0 Å². The van der Waals surface area contributed by atoms with E-state index in [1.165, 1.54) is 0 Å². The monoisotopic (exact) mass is 354 g/mol. The molecule has 0 spiro atoms. The third kappa shape index (κ3) is 3.37. The Bertz CT molecular complexity index is 1040. The molecule has 0 heterocycles. The van der Waals surface area contributed by atoms with Crippen LogP contribution in [0.15, 0.2) is 97.1 Å². The van der Waals surface area contributed by atoms with Crippen molar-refractivity contribution in [2.24, 2.45) is 0 Å². The standard InChI is InChI=1S/C23H18N2O2/c26-25(27)22-16-15-21(19-13-7-8-14-20(19)22)24-23(17-9-3-1-4-10-17)18-11-5-2-6-12-18/h1-16,23-24H. The lowest BCUT2D eigenvalue weighted by atomic mass is 9.97. The SMILES string of the molecule is O=[N+]([O-])c1ccc(NC(c2ccccc2)c2ccccc2)c2ccccc12. The molecule has 0 amide bonds. The minimum Gasteiger partial charge on any atom is -0.374 e. The molecule has 4 aromatic rings. The second kappa shape index (κ2) is 7.30. The molecule has 0 aliphatic rings. The van der Waals surface area contributed by atoms with Gasteiger partial charge in [0.2, 0.25) is 0 Å². The first-order valence-electron chi connectivity index (χ1n) is 8.76. The summed E-state index contributed by atoms with van der Waals surface area (Å²) < 4.78 is 0. The largest absolute Gasteiger partial charge is 0.374 e. The molecule has 132 valence electrons. The zero-order valence-electron chi connectivity index (χ0n) is 14.6. The van der Waals surface area contributed by atoms with Crippen LogP contribution in [0.2, 0.25) is 0 Å². The molecule has 4 nitrogen and oxygen atoms in total. The average molecular weight is 354 g/mol. The van der Waals surface area contributed by atoms with Crippen LogP contribution >= 0.6 is 0 Å². The number of fused-ring (bicyclic) bond motifs is 1. The normalized spacial score (nSPS) is 10.9. The smallest absolute Gasteiger partial charge is 0.277 e. The Morgan fingerprint density at radius 1 is 0.667 bits per heavy atom. The summed E-state index contributed by atoms with van der Waals surface area (Å²) >= 11 is 0. The third-order valence-electron chi connectivity index (χ3n) is 4.66. The van der Waals surface area contributed by atoms with Crippen LogP contribution in [0, 0.1) is 10.1 Å². The fraction of sp³-hybridized carbons (Fsp3) is 0.0435. The Kier molecular flexibility index (Phi) is 4.54. The highest BCUT2D eigenvalue weighted by Crippen LogP contribution is 2.34. The molecule has 0 bridgehead atoms. The fourth-order valence-corrected chi connectivity index (χ4v) is 3.37. The van der Waals surface area contributed by atoms with E-state index in [2.05, 4.69) is 29.6 Å². The average Bonchev–Trinajstić information content (AvgIpc) is 2.73. The zero-order chi connectivity index (χ0) is 18.6. The summed E-state index contributed by atoms with van der Waals surface area (Å²) in [4.78, 5) is 11.0. The zero-order valence-corrected chi connectivity index (χ0v) is 14.6. The Labute approximate surface area is 157 Å². The number of rotatable bonds is 5. The molecule has 4 heteroatoms. The Hall–Kier alpha value is -3.66. The summed E-state index contributed by atoms with van der Waals surface area (Å²) in [6.07, 6.45) is 0. The number of nitro groups is 1. The van der Waals surface area contributed by atoms with E-state index >= 15 is 0 Å². The van der Waals surface area contributed by atoms with Crippen molar-refractivity contribution < 1.29 is 4.92 Å². The number of non-ortho nitro benzene ring substituents is 1. The lowest BCUT2D eigenvalue weighted by Gasteiger charge is -2.22. The second-order valence-corrected chi connectivity index (χ2v) is 6.33. The molecule has 0 saturated carbocycles. The van der Waals surface area contributed by atoms with Crippen LogP contribution in [0.5, 0.6) is 0 Å². The Morgan fingerprint density at radius 3 is 1.74 bits per heavy atom. The summed E-state index contributed by atoms with van der Waals surface area (Å²) in [7, 11) is 0. The van der Waals surface area contributed by atoms with Crippen LogP contribution in [0.4, 0.5) is 11.4 Å². The Morgan fingerprint density at radius 2 is 1.19 bits per heavy atom. The number of nitro benzene ring substituents is 1. The van der Waals surface area contributed by atoms with E-state index in [0.717, 1.165) is 22.2 Å². The van der Waals surface area contributed by atoms with E-state index in [9.17, 15) is 10.1 Å². The highest BCUT2D eigenvalue weighted by molar-refractivity contribution is 5.99. The molecule has 0 fully saturated rings. The lowest BCUT2D eigenvalue weighted by Crippen LogP contribution is -2.12. The molecule has 0 aliphatic heterocycles. The molecule has 0 saturated heterocycles. The van der Waals surface area contributed by atoms with Gasteiger partial charge >= 0.3 is 0 Å². The van der Waals surface area contributed by atoms with Crippen molar-refractivity contribution >= 4 is 22.1 Å². The molecule has 1 N–H and O–H groups in total. The van der Waals surface area contributed by atoms with Gasteiger partial charge in [-0.05, 0) is 23.3 Å². The summed E-state index contributed by atoms with van der Waals surface area (Å²) in [5.41, 5.74) is 3.25. The first-order chi connectivity index (χ1) is 13.2. The second-order valence-electron chi connectivity index (χ2n) is 6.33. The van der Waals surface area contributed by atoms with Gasteiger partial charge in [0.1, 0.15) is 0 Å². The number of benzene rings is 4. The van der Waals surface area contributed by atoms with E-state index in [1.807, 2.05) is 54.6 Å². The summed E-state index contributed by atoms with van der Waals surface area (Å²) in [6.45, 7) is 0. The molecule has 4 rings (SSSR count). The van der Waals surface area contributed by atoms with Crippen LogP contribution in [0.25, 0.3) is 10.8 Å². The first kappa shape index (κ1) is 16.8. The molecular formula is C23H18N2O2. The number of hydrogen-bond donors (Lipinski definition) is 1. The van der Waals surface area contributed by atoms with Crippen molar-refractivity contribution in [1.82, 2.24) is 0 Å². The van der Waals surface area contributed by atoms with Gasteiger partial charge in [-0.1, -0.05) is 78.9 Å². The number of nitrogens with zero attached hydrogens (tertiary/aromatic N) is 1. The number of hydrogen-bond acceptors (Lipinski definition) is 3. The van der Waals surface area contributed by atoms with Gasteiger partial charge in [-0.3, -0.25) is 10.1 Å². The Balaban J connectivity index is 1.83. The molecule has 0 unspecified atom stereocenters. The van der Waals surface area contributed by atoms with Gasteiger partial charge < -0.3 is 5.32 Å². The molecular weight excluding hydrogens is 336 g/mol. The topological polar surface area (TPSA) is 55.2 Å². The predicted molar refractivity (Wildman–Crippen MR) is 109 cm³/mol. The summed E-state index contributed by atoms with van der Waals surface area (Å²) in [6, 6.07) is 31.1. The molecule has 27 heavy (non-hydrogen) atoms. The van der Waals surface area contributed by atoms with Crippen molar-refractivity contribution in [3.05, 3.63) is 118 Å². The van der Waals surface area contributed by atoms with Crippen molar-refractivity contribution in [2.45, 2.75) is 6.04 Å². The maximum absolute atomic E-state index is 11.4. The highest BCUT2D eigenvalue weighted by atomic mass is 16.6. The quantitative estimate of drug-likeness (QED) is 0.356. The predicted octanol–water partition coefficient (Wildman–Crippen LogP) is 5.95. The first-order valence-corrected chi connectivity index (χ1v) is 8.76. The molecule has 0 aromatic heterocycles. The molecule has 0 aliphatic carbocycles. The van der Waals surface area contributed by atoms with Crippen molar-refractivity contribution in [3.63, 3.8) is 0 Å². The van der Waals surface area contributed by atoms with Gasteiger partial charge in [0.15, 0.2) is 0 Å². The van der Waals surface area contributed by atoms with E-state index < -0.39 is 0 Å². The van der Waals surface area contributed by atoms with Crippen LogP contribution in [-0.2, 0) is 0 Å². The van der Waals surface area contributed by atoms with Gasteiger partial charge in [0.05, 0.1) is 16.4 Å². The molecule has 0 radical (unpaired) electrons. The molecule has 4 aromatic carbocycles. The number of nitrogens with one attached hydrogen (secondary N) is 1. The van der Waals surface area contributed by atoms with Crippen LogP contribution in [-0.4, -0.2) is 4.92 Å². The van der Waals surface area contributed by atoms with Crippen LogP contribution in [0.1, 0.15) is 17.2 Å². The van der Waals surface area contributed by atoms with Crippen molar-refractivity contribution in [1.29, 1.82) is 0 Å². The van der Waals surface area contributed by atoms with Crippen LogP contribution in [0.3, 0.4) is 0 Å². The van der Waals surface area contributed by atoms with E-state index in [-0.39, 0.29) is 16.7 Å². The number of anilines is 1. The van der Waals surface area contributed by atoms with Gasteiger partial charge in [0.25, 0.3) is 5.69 Å². The van der Waals surface area contributed by atoms with Gasteiger partial charge in [-0.2, -0.15) is 0 Å². The van der Waals surface area contributed by atoms with Crippen molar-refractivity contribution in [3.8, 4) is 0 Å². The maximum atomic E-state index is 11.4. The third-order valence-corrected chi connectivity index (χ3v) is 4.66. The van der Waals surface area contributed by atoms with Crippen LogP contribution < -0.4 is 5.32 Å². The molecule has 0 atom stereocenters. The van der Waals surface area contributed by atoms with E-state index in [1.54, 1.807) is 18.2 Å². The van der Waals surface area contributed by atoms with Gasteiger partial charge in [-0.25, -0.2) is 0 Å². The van der Waals surface area contributed by atoms with E-state index in [0.29, 0.717) is 5.39 Å². The van der Waals surface area contributed by atoms with Crippen molar-refractivity contribution in [2.75, 3.05) is 5.32 Å². The summed E-state index contributed by atoms with van der Waals surface area (Å²) in [5.74, 6) is 0. The minimum absolute atomic E-state index is 0.0581. The fourth-order valence-electron chi connectivity index (χ4n) is 3.37.